The monoisotopic (exact) mass is 477 g/mol. The largest absolute Gasteiger partial charge is 0.350 e. The molecule has 0 unspecified atom stereocenters. The molecule has 1 spiro atoms. The van der Waals surface area contributed by atoms with Crippen LogP contribution in [0.15, 0.2) is 78.9 Å². The molecule has 3 aromatic carbocycles. The Hall–Kier alpha value is -3.29. The van der Waals surface area contributed by atoms with Crippen molar-refractivity contribution in [3.05, 3.63) is 95.0 Å². The summed E-state index contributed by atoms with van der Waals surface area (Å²) in [5.41, 5.74) is 2.91. The van der Waals surface area contributed by atoms with Crippen LogP contribution in [0.3, 0.4) is 0 Å². The summed E-state index contributed by atoms with van der Waals surface area (Å²) in [5, 5.41) is 3.42. The Morgan fingerprint density at radius 2 is 1.67 bits per heavy atom. The molecule has 0 aromatic heterocycles. The minimum atomic E-state index is -1.25. The van der Waals surface area contributed by atoms with Gasteiger partial charge in [0, 0.05) is 22.8 Å². The van der Waals surface area contributed by atoms with Crippen molar-refractivity contribution in [1.29, 1.82) is 0 Å². The van der Waals surface area contributed by atoms with Crippen LogP contribution >= 0.6 is 23.4 Å². The fourth-order valence-electron chi connectivity index (χ4n) is 4.30. The number of hydrogen-bond donors (Lipinski definition) is 1. The van der Waals surface area contributed by atoms with Crippen LogP contribution < -0.4 is 15.1 Å². The first-order valence-corrected chi connectivity index (χ1v) is 11.8. The van der Waals surface area contributed by atoms with Gasteiger partial charge in [-0.2, -0.15) is 0 Å². The average molecular weight is 478 g/mol. The maximum Gasteiger partial charge on any atom is 0.269 e. The molecule has 5 rings (SSSR count). The van der Waals surface area contributed by atoms with Crippen LogP contribution in [0, 0.1) is 0 Å². The maximum absolute atomic E-state index is 13.9. The molecule has 33 heavy (non-hydrogen) atoms. The quantitative estimate of drug-likeness (QED) is 0.604. The van der Waals surface area contributed by atoms with Crippen molar-refractivity contribution < 1.29 is 14.4 Å². The summed E-state index contributed by atoms with van der Waals surface area (Å²) in [6, 6.07) is 23.8. The molecule has 2 aliphatic heterocycles. The highest BCUT2D eigenvalue weighted by molar-refractivity contribution is 8.02. The summed E-state index contributed by atoms with van der Waals surface area (Å²) in [7, 11) is 0. The van der Waals surface area contributed by atoms with E-state index in [0.717, 1.165) is 5.56 Å². The van der Waals surface area contributed by atoms with Gasteiger partial charge in [-0.3, -0.25) is 24.2 Å². The molecule has 1 atom stereocenters. The summed E-state index contributed by atoms with van der Waals surface area (Å²) < 4.78 is 0. The first-order chi connectivity index (χ1) is 16.0. The van der Waals surface area contributed by atoms with Crippen LogP contribution in [-0.2, 0) is 25.8 Å². The lowest BCUT2D eigenvalue weighted by atomic mass is 10.0. The van der Waals surface area contributed by atoms with Crippen molar-refractivity contribution in [3.63, 3.8) is 0 Å². The molecule has 3 amide bonds. The van der Waals surface area contributed by atoms with Crippen molar-refractivity contribution in [2.45, 2.75) is 11.4 Å². The first-order valence-electron chi connectivity index (χ1n) is 10.5. The number of nitrogens with zero attached hydrogens (tertiary/aromatic N) is 2. The van der Waals surface area contributed by atoms with Crippen LogP contribution in [0.1, 0.15) is 11.1 Å². The Morgan fingerprint density at radius 1 is 0.970 bits per heavy atom. The molecule has 8 heteroatoms. The number of carbonyl (C=O) groups is 3. The van der Waals surface area contributed by atoms with Crippen molar-refractivity contribution in [1.82, 2.24) is 5.32 Å². The van der Waals surface area contributed by atoms with E-state index in [-0.39, 0.29) is 30.0 Å². The van der Waals surface area contributed by atoms with Crippen molar-refractivity contribution >= 4 is 52.5 Å². The number of fused-ring (bicyclic) bond motifs is 2. The van der Waals surface area contributed by atoms with Gasteiger partial charge in [-0.1, -0.05) is 60.1 Å². The van der Waals surface area contributed by atoms with Gasteiger partial charge in [0.1, 0.15) is 6.54 Å². The maximum atomic E-state index is 13.9. The van der Waals surface area contributed by atoms with Crippen LogP contribution in [0.5, 0.6) is 0 Å². The Bertz CT molecular complexity index is 1240. The lowest BCUT2D eigenvalue weighted by Crippen LogP contribution is -2.51. The second-order valence-electron chi connectivity index (χ2n) is 7.81. The Kier molecular flexibility index (Phi) is 5.60. The first kappa shape index (κ1) is 21.6. The molecular weight excluding hydrogens is 458 g/mol. The molecule has 0 saturated carbocycles. The molecule has 0 radical (unpaired) electrons. The Labute approximate surface area is 200 Å². The molecule has 166 valence electrons. The Balaban J connectivity index is 1.46. The molecule has 2 aliphatic rings. The summed E-state index contributed by atoms with van der Waals surface area (Å²) in [6.07, 6.45) is 0. The van der Waals surface area contributed by atoms with Gasteiger partial charge in [0.25, 0.3) is 5.91 Å². The highest BCUT2D eigenvalue weighted by Crippen LogP contribution is 2.55. The standard InChI is InChI=1S/C25H20ClN3O3S/c26-18-10-12-19(13-11-18)29-23(31)16-33-25(29)20-8-4-5-9-21(20)28(24(25)32)15-22(30)27-14-17-6-2-1-3-7-17/h1-13H,14-16H2,(H,27,30)/t25-/m0/s1. The number of para-hydroxylation sites is 1. The average Bonchev–Trinajstić information content (AvgIpc) is 3.30. The van der Waals surface area contributed by atoms with Crippen LogP contribution in [0.2, 0.25) is 5.02 Å². The lowest BCUT2D eigenvalue weighted by molar-refractivity contribution is -0.125. The summed E-state index contributed by atoms with van der Waals surface area (Å²) in [4.78, 5) is 41.4. The summed E-state index contributed by atoms with van der Waals surface area (Å²) in [5.74, 6) is -0.576. The number of thioether (sulfide) groups is 1. The van der Waals surface area contributed by atoms with Gasteiger partial charge < -0.3 is 5.32 Å². The number of amides is 3. The van der Waals surface area contributed by atoms with Crippen molar-refractivity contribution in [3.8, 4) is 0 Å². The smallest absolute Gasteiger partial charge is 0.269 e. The normalized spacial score (nSPS) is 19.3. The third-order valence-corrected chi connectivity index (χ3v) is 7.42. The number of benzene rings is 3. The molecular formula is C25H20ClN3O3S. The molecule has 1 saturated heterocycles. The lowest BCUT2D eigenvalue weighted by Gasteiger charge is -2.33. The predicted molar refractivity (Wildman–Crippen MR) is 130 cm³/mol. The SMILES string of the molecule is O=C(CN1C(=O)[C@@]2(SCC(=O)N2c2ccc(Cl)cc2)c2ccccc21)NCc1ccccc1. The molecule has 1 fully saturated rings. The van der Waals surface area contributed by atoms with Gasteiger partial charge in [0.05, 0.1) is 11.4 Å². The van der Waals surface area contributed by atoms with Gasteiger partial charge in [-0.05, 0) is 35.9 Å². The van der Waals surface area contributed by atoms with Crippen LogP contribution in [-0.4, -0.2) is 30.0 Å². The zero-order valence-electron chi connectivity index (χ0n) is 17.5. The van der Waals surface area contributed by atoms with E-state index in [0.29, 0.717) is 28.5 Å². The van der Waals surface area contributed by atoms with Crippen molar-refractivity contribution in [2.24, 2.45) is 0 Å². The zero-order valence-corrected chi connectivity index (χ0v) is 19.1. The van der Waals surface area contributed by atoms with Gasteiger partial charge in [0.2, 0.25) is 16.7 Å². The van der Waals surface area contributed by atoms with E-state index in [2.05, 4.69) is 5.32 Å². The zero-order chi connectivity index (χ0) is 23.0. The van der Waals surface area contributed by atoms with Crippen LogP contribution in [0.25, 0.3) is 0 Å². The van der Waals surface area contributed by atoms with E-state index < -0.39 is 4.87 Å². The molecule has 1 N–H and O–H groups in total. The number of carbonyl (C=O) groups excluding carboxylic acids is 3. The van der Waals surface area contributed by atoms with Crippen LogP contribution in [0.4, 0.5) is 11.4 Å². The third kappa shape index (κ3) is 3.67. The topological polar surface area (TPSA) is 69.7 Å². The fraction of sp³-hybridized carbons (Fsp3) is 0.160. The molecule has 2 heterocycles. The number of halogens is 1. The fourth-order valence-corrected chi connectivity index (χ4v) is 5.78. The minimum Gasteiger partial charge on any atom is -0.350 e. The molecule has 3 aromatic rings. The minimum absolute atomic E-state index is 0.131. The third-order valence-electron chi connectivity index (χ3n) is 5.78. The molecule has 0 aliphatic carbocycles. The highest BCUT2D eigenvalue weighted by atomic mass is 35.5. The highest BCUT2D eigenvalue weighted by Gasteiger charge is 2.61. The summed E-state index contributed by atoms with van der Waals surface area (Å²) >= 11 is 7.32. The number of anilines is 2. The number of rotatable bonds is 5. The molecule has 6 nitrogen and oxygen atoms in total. The Morgan fingerprint density at radius 3 is 2.42 bits per heavy atom. The summed E-state index contributed by atoms with van der Waals surface area (Å²) in [6.45, 7) is 0.242. The number of nitrogens with one attached hydrogen (secondary N) is 1. The van der Waals surface area contributed by atoms with E-state index in [9.17, 15) is 14.4 Å². The van der Waals surface area contributed by atoms with E-state index in [1.54, 1.807) is 24.3 Å². The second kappa shape index (κ2) is 8.57. The van der Waals surface area contributed by atoms with Gasteiger partial charge in [0.15, 0.2) is 0 Å². The van der Waals surface area contributed by atoms with Gasteiger partial charge in [-0.15, -0.1) is 11.8 Å². The van der Waals surface area contributed by atoms with E-state index in [1.807, 2.05) is 54.6 Å². The van der Waals surface area contributed by atoms with Gasteiger partial charge in [-0.25, -0.2) is 0 Å². The second-order valence-corrected chi connectivity index (χ2v) is 9.41. The molecule has 0 bridgehead atoms. The van der Waals surface area contributed by atoms with E-state index >= 15 is 0 Å². The number of hydrogen-bond acceptors (Lipinski definition) is 4. The predicted octanol–water partition coefficient (Wildman–Crippen LogP) is 3.94. The van der Waals surface area contributed by atoms with E-state index in [1.165, 1.54) is 21.6 Å². The van der Waals surface area contributed by atoms with E-state index in [4.69, 9.17) is 11.6 Å². The van der Waals surface area contributed by atoms with Crippen molar-refractivity contribution in [2.75, 3.05) is 22.1 Å². The van der Waals surface area contributed by atoms with Gasteiger partial charge >= 0.3 is 0 Å².